The normalized spacial score (nSPS) is 8.28. The molecule has 0 aliphatic heterocycles. The zero-order chi connectivity index (χ0) is 14.7. The summed E-state index contributed by atoms with van der Waals surface area (Å²) in [5.41, 5.74) is 3.58. The van der Waals surface area contributed by atoms with Crippen LogP contribution in [0, 0.1) is 13.8 Å². The topological polar surface area (TPSA) is 17.8 Å². The lowest BCUT2D eigenvalue weighted by Gasteiger charge is -1.96. The van der Waals surface area contributed by atoms with E-state index < -0.39 is 0 Å². The van der Waals surface area contributed by atoms with Gasteiger partial charge in [0.15, 0.2) is 0 Å². The predicted octanol–water partition coefficient (Wildman–Crippen LogP) is 5.27. The number of hydrogen-bond acceptors (Lipinski definition) is 1. The van der Waals surface area contributed by atoms with Crippen molar-refractivity contribution in [2.45, 2.75) is 55.4 Å². The zero-order valence-electron chi connectivity index (χ0n) is 13.6. The van der Waals surface area contributed by atoms with Gasteiger partial charge in [0, 0.05) is 7.05 Å². The third-order valence-corrected chi connectivity index (χ3v) is 2.26. The molecule has 2 nitrogen and oxygen atoms in total. The molecule has 1 heterocycles. The van der Waals surface area contributed by atoms with Gasteiger partial charge >= 0.3 is 0 Å². The Morgan fingerprint density at radius 3 is 1.89 bits per heavy atom. The molecule has 0 spiro atoms. The van der Waals surface area contributed by atoms with Gasteiger partial charge in [0.1, 0.15) is 5.82 Å². The lowest BCUT2D eigenvalue weighted by Crippen LogP contribution is -1.89. The van der Waals surface area contributed by atoms with Gasteiger partial charge in [-0.15, -0.1) is 0 Å². The zero-order valence-corrected chi connectivity index (χ0v) is 13.6. The minimum absolute atomic E-state index is 1.07. The van der Waals surface area contributed by atoms with E-state index in [-0.39, 0.29) is 0 Å². The average molecular weight is 250 g/mol. The molecule has 0 unspecified atom stereocenters. The standard InChI is InChI=1S/C10H12N2.3C2H6/c1-7-4-5-9-10(6-7)12(3)8(2)11-9;3*1-2/h4-6H,1-3H3;3*1-2H3. The van der Waals surface area contributed by atoms with E-state index in [2.05, 4.69) is 34.7 Å². The smallest absolute Gasteiger partial charge is 0.106 e. The second-order valence-corrected chi connectivity index (χ2v) is 3.21. The molecular weight excluding hydrogens is 220 g/mol. The summed E-state index contributed by atoms with van der Waals surface area (Å²) in [4.78, 5) is 4.42. The lowest BCUT2D eigenvalue weighted by molar-refractivity contribution is 0.885. The first kappa shape index (κ1) is 19.0. The Balaban J connectivity index is 0. The van der Waals surface area contributed by atoms with Crippen LogP contribution in [0.3, 0.4) is 0 Å². The lowest BCUT2D eigenvalue weighted by atomic mass is 10.2. The van der Waals surface area contributed by atoms with E-state index in [0.29, 0.717) is 0 Å². The van der Waals surface area contributed by atoms with Gasteiger partial charge in [-0.3, -0.25) is 0 Å². The van der Waals surface area contributed by atoms with E-state index in [1.807, 2.05) is 55.5 Å². The Morgan fingerprint density at radius 2 is 1.39 bits per heavy atom. The molecule has 0 N–H and O–H groups in total. The molecule has 0 saturated carbocycles. The summed E-state index contributed by atoms with van der Waals surface area (Å²) in [7, 11) is 2.05. The molecule has 1 aromatic carbocycles. The highest BCUT2D eigenvalue weighted by molar-refractivity contribution is 5.76. The van der Waals surface area contributed by atoms with E-state index in [0.717, 1.165) is 11.3 Å². The monoisotopic (exact) mass is 250 g/mol. The number of hydrogen-bond donors (Lipinski definition) is 0. The highest BCUT2D eigenvalue weighted by Crippen LogP contribution is 2.15. The van der Waals surface area contributed by atoms with Crippen LogP contribution in [-0.4, -0.2) is 9.55 Å². The third kappa shape index (κ3) is 4.91. The fourth-order valence-electron chi connectivity index (χ4n) is 1.42. The first-order chi connectivity index (χ1) is 8.68. The fourth-order valence-corrected chi connectivity index (χ4v) is 1.42. The molecule has 18 heavy (non-hydrogen) atoms. The Morgan fingerprint density at radius 1 is 0.889 bits per heavy atom. The molecule has 0 radical (unpaired) electrons. The minimum atomic E-state index is 1.07. The largest absolute Gasteiger partial charge is 0.331 e. The Kier molecular flexibility index (Phi) is 11.4. The predicted molar refractivity (Wildman–Crippen MR) is 84.2 cm³/mol. The van der Waals surface area contributed by atoms with Crippen molar-refractivity contribution in [3.8, 4) is 0 Å². The van der Waals surface area contributed by atoms with Crippen molar-refractivity contribution < 1.29 is 0 Å². The van der Waals surface area contributed by atoms with Crippen molar-refractivity contribution in [2.24, 2.45) is 7.05 Å². The molecule has 0 saturated heterocycles. The van der Waals surface area contributed by atoms with Crippen molar-refractivity contribution in [3.63, 3.8) is 0 Å². The second-order valence-electron chi connectivity index (χ2n) is 3.21. The number of fused-ring (bicyclic) bond motifs is 1. The number of rotatable bonds is 0. The summed E-state index contributed by atoms with van der Waals surface area (Å²) in [6, 6.07) is 6.32. The molecular formula is C16H30N2. The summed E-state index contributed by atoms with van der Waals surface area (Å²) in [5, 5.41) is 0. The van der Waals surface area contributed by atoms with Crippen LogP contribution in [0.4, 0.5) is 0 Å². The molecule has 0 aliphatic rings. The SMILES string of the molecule is CC.CC.CC.Cc1ccc2nc(C)n(C)c2c1. The molecule has 0 bridgehead atoms. The first-order valence-electron chi connectivity index (χ1n) is 7.08. The summed E-state index contributed by atoms with van der Waals surface area (Å²) in [6.45, 7) is 16.1. The van der Waals surface area contributed by atoms with E-state index in [9.17, 15) is 0 Å². The van der Waals surface area contributed by atoms with Crippen LogP contribution in [0.25, 0.3) is 11.0 Å². The number of benzene rings is 1. The van der Waals surface area contributed by atoms with Gasteiger partial charge in [0.2, 0.25) is 0 Å². The maximum absolute atomic E-state index is 4.42. The quantitative estimate of drug-likeness (QED) is 0.623. The Labute approximate surface area is 113 Å². The van der Waals surface area contributed by atoms with Crippen molar-refractivity contribution in [1.29, 1.82) is 0 Å². The Hall–Kier alpha value is -1.31. The van der Waals surface area contributed by atoms with E-state index in [1.165, 1.54) is 11.1 Å². The van der Waals surface area contributed by atoms with Crippen LogP contribution in [-0.2, 0) is 7.05 Å². The number of aromatic nitrogens is 2. The molecule has 0 aliphatic carbocycles. The Bertz CT molecular complexity index is 428. The highest BCUT2D eigenvalue weighted by Gasteiger charge is 2.02. The van der Waals surface area contributed by atoms with Gasteiger partial charge in [-0.25, -0.2) is 4.98 Å². The molecule has 0 fully saturated rings. The summed E-state index contributed by atoms with van der Waals surface area (Å²) >= 11 is 0. The molecule has 2 heteroatoms. The summed E-state index contributed by atoms with van der Waals surface area (Å²) in [6.07, 6.45) is 0. The average Bonchev–Trinajstić information content (AvgIpc) is 2.73. The van der Waals surface area contributed by atoms with Crippen LogP contribution in [0.2, 0.25) is 0 Å². The summed E-state index contributed by atoms with van der Waals surface area (Å²) in [5.74, 6) is 1.07. The maximum Gasteiger partial charge on any atom is 0.106 e. The number of nitrogens with zero attached hydrogens (tertiary/aromatic N) is 2. The van der Waals surface area contributed by atoms with Crippen LogP contribution in [0.15, 0.2) is 18.2 Å². The van der Waals surface area contributed by atoms with E-state index in [1.54, 1.807) is 0 Å². The first-order valence-corrected chi connectivity index (χ1v) is 7.08. The van der Waals surface area contributed by atoms with E-state index >= 15 is 0 Å². The summed E-state index contributed by atoms with van der Waals surface area (Å²) < 4.78 is 2.11. The van der Waals surface area contributed by atoms with Gasteiger partial charge in [-0.05, 0) is 31.5 Å². The van der Waals surface area contributed by atoms with Crippen LogP contribution < -0.4 is 0 Å². The highest BCUT2D eigenvalue weighted by atomic mass is 15.0. The van der Waals surface area contributed by atoms with Crippen molar-refractivity contribution in [3.05, 3.63) is 29.6 Å². The molecule has 2 aromatic rings. The molecule has 2 rings (SSSR count). The minimum Gasteiger partial charge on any atom is -0.331 e. The number of imidazole rings is 1. The van der Waals surface area contributed by atoms with Crippen LogP contribution >= 0.6 is 0 Å². The van der Waals surface area contributed by atoms with Crippen molar-refractivity contribution >= 4 is 11.0 Å². The van der Waals surface area contributed by atoms with E-state index in [4.69, 9.17) is 0 Å². The molecule has 0 amide bonds. The van der Waals surface area contributed by atoms with Gasteiger partial charge in [-0.2, -0.15) is 0 Å². The van der Waals surface area contributed by atoms with Gasteiger partial charge in [-0.1, -0.05) is 47.6 Å². The number of aryl methyl sites for hydroxylation is 3. The van der Waals surface area contributed by atoms with Crippen molar-refractivity contribution in [1.82, 2.24) is 9.55 Å². The third-order valence-electron chi connectivity index (χ3n) is 2.26. The van der Waals surface area contributed by atoms with Crippen molar-refractivity contribution in [2.75, 3.05) is 0 Å². The van der Waals surface area contributed by atoms with Gasteiger partial charge < -0.3 is 4.57 Å². The maximum atomic E-state index is 4.42. The van der Waals surface area contributed by atoms with Crippen LogP contribution in [0.5, 0.6) is 0 Å². The van der Waals surface area contributed by atoms with Crippen LogP contribution in [0.1, 0.15) is 52.9 Å². The fraction of sp³-hybridized carbons (Fsp3) is 0.562. The van der Waals surface area contributed by atoms with Gasteiger partial charge in [0.25, 0.3) is 0 Å². The second kappa shape index (κ2) is 10.8. The molecule has 0 atom stereocenters. The molecule has 1 aromatic heterocycles. The molecule has 104 valence electrons. The van der Waals surface area contributed by atoms with Gasteiger partial charge in [0.05, 0.1) is 11.0 Å².